The molecule has 1 fully saturated rings. The fraction of sp³-hybridized carbons (Fsp3) is 0.889. The second kappa shape index (κ2) is 5.19. The second-order valence-corrected chi connectivity index (χ2v) is 3.37. The van der Waals surface area contributed by atoms with E-state index < -0.39 is 0 Å². The molecule has 0 N–H and O–H groups in total. The maximum absolute atomic E-state index is 11.1. The average Bonchev–Trinajstić information content (AvgIpc) is 2.32. The quantitative estimate of drug-likeness (QED) is 0.562. The topological polar surface area (TPSA) is 43.6 Å². The molecule has 0 bridgehead atoms. The zero-order valence-corrected chi connectivity index (χ0v) is 8.32. The number of carbonyl (C=O) groups excluding carboxylic acids is 1. The Morgan fingerprint density at radius 3 is 3.08 bits per heavy atom. The number of ether oxygens (including phenoxy) is 1. The number of likely N-dealkylation sites (N-methyl/N-ethyl adjacent to an activating group) is 1. The van der Waals surface area contributed by atoms with Gasteiger partial charge in [0.25, 0.3) is 0 Å². The minimum atomic E-state index is -0.126. The first kappa shape index (κ1) is 10.5. The van der Waals surface area contributed by atoms with Crippen LogP contribution in [0.25, 0.3) is 0 Å². The van der Waals surface area contributed by atoms with Crippen molar-refractivity contribution < 1.29 is 9.53 Å². The summed E-state index contributed by atoms with van der Waals surface area (Å²) in [6.45, 7) is 2.70. The number of carbonyl (C=O) groups is 1. The van der Waals surface area contributed by atoms with E-state index in [-0.39, 0.29) is 5.97 Å². The highest BCUT2D eigenvalue weighted by molar-refractivity contribution is 5.69. The Bertz CT molecular complexity index is 173. The van der Waals surface area contributed by atoms with E-state index >= 15 is 0 Å². The van der Waals surface area contributed by atoms with Crippen molar-refractivity contribution in [2.45, 2.75) is 18.9 Å². The predicted octanol–water partition coefficient (Wildman–Crippen LogP) is -0.142. The molecule has 4 heteroatoms. The van der Waals surface area contributed by atoms with Gasteiger partial charge in [0.05, 0.1) is 13.5 Å². The number of rotatable bonds is 2. The highest BCUT2D eigenvalue weighted by Crippen LogP contribution is 2.09. The van der Waals surface area contributed by atoms with Crippen LogP contribution in [0.5, 0.6) is 0 Å². The molecule has 0 saturated carbocycles. The standard InChI is InChI=1S/C9H17N2O2/c1-11-6-5-10-4-3-8(11)7-9(12)13-2/h8H,3-7H2,1-2H3. The van der Waals surface area contributed by atoms with E-state index in [9.17, 15) is 4.79 Å². The van der Waals surface area contributed by atoms with Crippen molar-refractivity contribution in [2.24, 2.45) is 0 Å². The minimum absolute atomic E-state index is 0.126. The van der Waals surface area contributed by atoms with Crippen LogP contribution in [0.3, 0.4) is 0 Å². The van der Waals surface area contributed by atoms with Gasteiger partial charge in [-0.2, -0.15) is 0 Å². The number of hydrogen-bond donors (Lipinski definition) is 0. The van der Waals surface area contributed by atoms with Gasteiger partial charge in [0.15, 0.2) is 0 Å². The SMILES string of the molecule is COC(=O)CC1CC[N]CCN1C. The fourth-order valence-corrected chi connectivity index (χ4v) is 1.52. The molecule has 4 nitrogen and oxygen atoms in total. The van der Waals surface area contributed by atoms with E-state index in [1.165, 1.54) is 7.11 Å². The smallest absolute Gasteiger partial charge is 0.307 e. The second-order valence-electron chi connectivity index (χ2n) is 3.37. The molecule has 0 spiro atoms. The van der Waals surface area contributed by atoms with E-state index in [1.54, 1.807) is 0 Å². The van der Waals surface area contributed by atoms with E-state index in [0.29, 0.717) is 12.5 Å². The molecule has 1 heterocycles. The van der Waals surface area contributed by atoms with Gasteiger partial charge in [-0.25, -0.2) is 5.32 Å². The van der Waals surface area contributed by atoms with Crippen molar-refractivity contribution >= 4 is 5.97 Å². The first-order valence-corrected chi connectivity index (χ1v) is 4.64. The van der Waals surface area contributed by atoms with Crippen LogP contribution in [0.4, 0.5) is 0 Å². The molecular weight excluding hydrogens is 168 g/mol. The van der Waals surface area contributed by atoms with Gasteiger partial charge in [-0.3, -0.25) is 4.79 Å². The number of hydrogen-bond acceptors (Lipinski definition) is 3. The maximum Gasteiger partial charge on any atom is 0.307 e. The van der Waals surface area contributed by atoms with Gasteiger partial charge >= 0.3 is 5.97 Å². The Morgan fingerprint density at radius 2 is 2.38 bits per heavy atom. The summed E-state index contributed by atoms with van der Waals surface area (Å²) < 4.78 is 4.65. The largest absolute Gasteiger partial charge is 0.469 e. The maximum atomic E-state index is 11.1. The molecule has 1 aliphatic rings. The summed E-state index contributed by atoms with van der Waals surface area (Å²) >= 11 is 0. The zero-order chi connectivity index (χ0) is 9.68. The summed E-state index contributed by atoms with van der Waals surface area (Å²) in [6.07, 6.45) is 1.45. The molecule has 0 aromatic rings. The molecule has 0 aliphatic carbocycles. The lowest BCUT2D eigenvalue weighted by molar-refractivity contribution is -0.141. The molecule has 75 valence electrons. The van der Waals surface area contributed by atoms with Crippen LogP contribution in [0.15, 0.2) is 0 Å². The highest BCUT2D eigenvalue weighted by atomic mass is 16.5. The molecule has 13 heavy (non-hydrogen) atoms. The zero-order valence-electron chi connectivity index (χ0n) is 8.32. The van der Waals surface area contributed by atoms with Gasteiger partial charge in [-0.1, -0.05) is 0 Å². The van der Waals surface area contributed by atoms with Crippen LogP contribution in [-0.4, -0.2) is 50.7 Å². The third-order valence-corrected chi connectivity index (χ3v) is 2.48. The van der Waals surface area contributed by atoms with Crippen LogP contribution in [0.2, 0.25) is 0 Å². The van der Waals surface area contributed by atoms with Crippen molar-refractivity contribution in [3.05, 3.63) is 0 Å². The molecule has 1 aliphatic heterocycles. The van der Waals surface area contributed by atoms with Gasteiger partial charge in [-0.05, 0) is 13.5 Å². The average molecular weight is 185 g/mol. The van der Waals surface area contributed by atoms with Gasteiger partial charge in [-0.15, -0.1) is 0 Å². The van der Waals surface area contributed by atoms with E-state index in [0.717, 1.165) is 26.1 Å². The highest BCUT2D eigenvalue weighted by Gasteiger charge is 2.20. The van der Waals surface area contributed by atoms with E-state index in [4.69, 9.17) is 0 Å². The van der Waals surface area contributed by atoms with Gasteiger partial charge in [0.2, 0.25) is 0 Å². The first-order chi connectivity index (χ1) is 6.24. The molecule has 1 unspecified atom stereocenters. The van der Waals surface area contributed by atoms with Gasteiger partial charge < -0.3 is 9.64 Å². The lowest BCUT2D eigenvalue weighted by Gasteiger charge is -2.23. The molecule has 1 rings (SSSR count). The molecule has 0 amide bonds. The summed E-state index contributed by atoms with van der Waals surface area (Å²) in [5.74, 6) is -0.126. The fourth-order valence-electron chi connectivity index (χ4n) is 1.52. The minimum Gasteiger partial charge on any atom is -0.469 e. The third-order valence-electron chi connectivity index (χ3n) is 2.48. The molecule has 0 aromatic carbocycles. The Balaban J connectivity index is 2.40. The Hall–Kier alpha value is -0.610. The summed E-state index contributed by atoms with van der Waals surface area (Å²) in [7, 11) is 3.47. The number of nitrogens with zero attached hydrogens (tertiary/aromatic N) is 2. The molecular formula is C9H17N2O2. The Labute approximate surface area is 79.2 Å². The van der Waals surface area contributed by atoms with E-state index in [1.807, 2.05) is 7.05 Å². The first-order valence-electron chi connectivity index (χ1n) is 4.64. The van der Waals surface area contributed by atoms with Crippen LogP contribution in [-0.2, 0) is 9.53 Å². The molecule has 1 atom stereocenters. The van der Waals surface area contributed by atoms with Crippen molar-refractivity contribution in [1.82, 2.24) is 10.2 Å². The van der Waals surface area contributed by atoms with Crippen molar-refractivity contribution in [2.75, 3.05) is 33.8 Å². The summed E-state index contributed by atoms with van der Waals surface area (Å²) in [5.41, 5.74) is 0. The predicted molar refractivity (Wildman–Crippen MR) is 49.5 cm³/mol. The number of esters is 1. The number of methoxy groups -OCH3 is 1. The van der Waals surface area contributed by atoms with Crippen molar-refractivity contribution in [3.8, 4) is 0 Å². The third kappa shape index (κ3) is 3.32. The summed E-state index contributed by atoms with van der Waals surface area (Å²) in [6, 6.07) is 0.304. The van der Waals surface area contributed by atoms with Crippen LogP contribution in [0.1, 0.15) is 12.8 Å². The van der Waals surface area contributed by atoms with Crippen molar-refractivity contribution in [3.63, 3.8) is 0 Å². The monoisotopic (exact) mass is 185 g/mol. The molecule has 1 radical (unpaired) electrons. The van der Waals surface area contributed by atoms with Crippen LogP contribution in [0, 0.1) is 0 Å². The lowest BCUT2D eigenvalue weighted by atomic mass is 10.1. The Kier molecular flexibility index (Phi) is 4.18. The Morgan fingerprint density at radius 1 is 1.62 bits per heavy atom. The van der Waals surface area contributed by atoms with Crippen LogP contribution < -0.4 is 5.32 Å². The van der Waals surface area contributed by atoms with Crippen LogP contribution >= 0.6 is 0 Å². The summed E-state index contributed by atoms with van der Waals surface area (Å²) in [5, 5.41) is 4.31. The lowest BCUT2D eigenvalue weighted by Crippen LogP contribution is -2.34. The van der Waals surface area contributed by atoms with Crippen molar-refractivity contribution in [1.29, 1.82) is 0 Å². The van der Waals surface area contributed by atoms with Gasteiger partial charge in [0, 0.05) is 25.7 Å². The van der Waals surface area contributed by atoms with E-state index in [2.05, 4.69) is 15.0 Å². The summed E-state index contributed by atoms with van der Waals surface area (Å²) in [4.78, 5) is 13.2. The molecule has 0 aromatic heterocycles. The molecule has 1 saturated heterocycles. The van der Waals surface area contributed by atoms with Gasteiger partial charge in [0.1, 0.15) is 0 Å². The normalized spacial score (nSPS) is 25.2.